The molecule has 0 fully saturated rings. The Labute approximate surface area is 123 Å². The fraction of sp³-hybridized carbons (Fsp3) is 0.562. The van der Waals surface area contributed by atoms with Crippen molar-refractivity contribution in [2.45, 2.75) is 34.1 Å². The molecule has 0 heterocycles. The molecule has 0 aliphatic rings. The first-order chi connectivity index (χ1) is 9.54. The van der Waals surface area contributed by atoms with Crippen LogP contribution in [0.3, 0.4) is 0 Å². The molecule has 0 N–H and O–H groups in total. The van der Waals surface area contributed by atoms with Crippen molar-refractivity contribution in [1.82, 2.24) is 5.01 Å². The van der Waals surface area contributed by atoms with Crippen LogP contribution in [0, 0.1) is 5.92 Å². The lowest BCUT2D eigenvalue weighted by molar-refractivity contribution is 0.419. The predicted molar refractivity (Wildman–Crippen MR) is 91.0 cm³/mol. The van der Waals surface area contributed by atoms with Crippen molar-refractivity contribution in [1.29, 1.82) is 0 Å². The first-order valence-corrected chi connectivity index (χ1v) is 7.04. The maximum absolute atomic E-state index is 4.43. The van der Waals surface area contributed by atoms with Gasteiger partial charge in [-0.1, -0.05) is 25.2 Å². The second kappa shape index (κ2) is 11.1. The van der Waals surface area contributed by atoms with E-state index in [-0.39, 0.29) is 0 Å². The Kier molecular flexibility index (Phi) is 10.2. The van der Waals surface area contributed by atoms with Gasteiger partial charge in [0.1, 0.15) is 0 Å². The molecular weight excluding hydrogens is 248 g/mol. The van der Waals surface area contributed by atoms with E-state index in [9.17, 15) is 0 Å². The number of allylic oxidation sites excluding steroid dienone is 2. The van der Waals surface area contributed by atoms with Crippen LogP contribution in [0.2, 0.25) is 0 Å². The average molecular weight is 276 g/mol. The van der Waals surface area contributed by atoms with Gasteiger partial charge in [0.2, 0.25) is 0 Å². The lowest BCUT2D eigenvalue weighted by Gasteiger charge is -2.14. The fourth-order valence-electron chi connectivity index (χ4n) is 1.64. The summed E-state index contributed by atoms with van der Waals surface area (Å²) < 4.78 is 0. The van der Waals surface area contributed by atoms with E-state index in [1.807, 2.05) is 38.2 Å². The third kappa shape index (κ3) is 8.40. The average Bonchev–Trinajstić information content (AvgIpc) is 2.42. The largest absolute Gasteiger partial charge is 0.297 e. The Morgan fingerprint density at radius 1 is 1.30 bits per heavy atom. The van der Waals surface area contributed by atoms with Crippen molar-refractivity contribution in [2.24, 2.45) is 21.0 Å². The number of aliphatic imine (C=N–C) groups is 2. The van der Waals surface area contributed by atoms with Gasteiger partial charge in [-0.3, -0.25) is 15.0 Å². The zero-order chi connectivity index (χ0) is 15.4. The highest BCUT2D eigenvalue weighted by Gasteiger charge is 2.05. The smallest absolute Gasteiger partial charge is 0.0563 e. The highest BCUT2D eigenvalue weighted by Crippen LogP contribution is 2.07. The van der Waals surface area contributed by atoms with E-state index >= 15 is 0 Å². The highest BCUT2D eigenvalue weighted by atomic mass is 15.4. The second-order valence-corrected chi connectivity index (χ2v) is 4.73. The molecule has 0 spiro atoms. The number of nitrogens with zero attached hydrogens (tertiary/aromatic N) is 4. The van der Waals surface area contributed by atoms with Crippen LogP contribution in [-0.4, -0.2) is 43.3 Å². The van der Waals surface area contributed by atoms with Crippen LogP contribution < -0.4 is 0 Å². The maximum Gasteiger partial charge on any atom is 0.0563 e. The number of hydrogen-bond donors (Lipinski definition) is 0. The quantitative estimate of drug-likeness (QED) is 0.360. The van der Waals surface area contributed by atoms with Crippen LogP contribution in [-0.2, 0) is 0 Å². The molecule has 1 unspecified atom stereocenters. The summed E-state index contributed by atoms with van der Waals surface area (Å²) in [5.41, 5.74) is 2.20. The third-order valence-electron chi connectivity index (χ3n) is 2.74. The highest BCUT2D eigenvalue weighted by molar-refractivity contribution is 5.89. The van der Waals surface area contributed by atoms with E-state index in [1.165, 1.54) is 0 Å². The van der Waals surface area contributed by atoms with E-state index in [0.717, 1.165) is 24.4 Å². The van der Waals surface area contributed by atoms with Gasteiger partial charge in [0.25, 0.3) is 0 Å². The van der Waals surface area contributed by atoms with E-state index in [2.05, 4.69) is 47.8 Å². The van der Waals surface area contributed by atoms with Crippen LogP contribution in [0.4, 0.5) is 0 Å². The lowest BCUT2D eigenvalue weighted by atomic mass is 10.0. The Bertz CT molecular complexity index is 387. The maximum atomic E-state index is 4.43. The first-order valence-electron chi connectivity index (χ1n) is 7.04. The SMILES string of the molecule is C=NCC=CCC(=NC)C(C)/C=C/N(CC)N=C(C)C. The van der Waals surface area contributed by atoms with Gasteiger partial charge in [-0.25, -0.2) is 0 Å². The predicted octanol–water partition coefficient (Wildman–Crippen LogP) is 3.57. The van der Waals surface area contributed by atoms with Crippen LogP contribution >= 0.6 is 0 Å². The molecule has 0 amide bonds. The van der Waals surface area contributed by atoms with Crippen molar-refractivity contribution in [2.75, 3.05) is 20.1 Å². The van der Waals surface area contributed by atoms with Crippen molar-refractivity contribution < 1.29 is 0 Å². The summed E-state index contributed by atoms with van der Waals surface area (Å²) in [5.74, 6) is 0.294. The van der Waals surface area contributed by atoms with Crippen molar-refractivity contribution in [3.8, 4) is 0 Å². The van der Waals surface area contributed by atoms with Crippen LogP contribution in [0.1, 0.15) is 34.1 Å². The van der Waals surface area contributed by atoms with Crippen molar-refractivity contribution in [3.63, 3.8) is 0 Å². The molecule has 0 rings (SSSR count). The topological polar surface area (TPSA) is 40.3 Å². The second-order valence-electron chi connectivity index (χ2n) is 4.73. The molecular formula is C16H28N4. The molecule has 0 aliphatic heterocycles. The van der Waals surface area contributed by atoms with E-state index in [0.29, 0.717) is 12.5 Å². The molecule has 0 bridgehead atoms. The summed E-state index contributed by atoms with van der Waals surface area (Å²) in [6.45, 7) is 13.2. The minimum absolute atomic E-state index is 0.294. The number of hydrazone groups is 1. The third-order valence-corrected chi connectivity index (χ3v) is 2.74. The molecule has 0 aromatic rings. The van der Waals surface area contributed by atoms with Crippen LogP contribution in [0.5, 0.6) is 0 Å². The van der Waals surface area contributed by atoms with Gasteiger partial charge in [0.05, 0.1) is 6.54 Å². The Balaban J connectivity index is 4.57. The summed E-state index contributed by atoms with van der Waals surface area (Å²) in [5, 5.41) is 6.37. The summed E-state index contributed by atoms with van der Waals surface area (Å²) in [6, 6.07) is 0. The standard InChI is InChI=1S/C16H28N4/c1-7-20(19-14(2)3)13-11-15(4)16(18-6)10-8-9-12-17-5/h8-9,11,13,15H,5,7,10,12H2,1-4,6H3/b9-8?,13-11+,18-16?. The molecule has 0 saturated carbocycles. The zero-order valence-corrected chi connectivity index (χ0v) is 13.5. The van der Waals surface area contributed by atoms with Crippen LogP contribution in [0.15, 0.2) is 39.5 Å². The van der Waals surface area contributed by atoms with E-state index < -0.39 is 0 Å². The molecule has 0 radical (unpaired) electrons. The molecule has 0 aromatic heterocycles. The number of hydrogen-bond acceptors (Lipinski definition) is 4. The summed E-state index contributed by atoms with van der Waals surface area (Å²) in [4.78, 5) is 8.15. The van der Waals surface area contributed by atoms with Gasteiger partial charge in [-0.2, -0.15) is 5.10 Å². The summed E-state index contributed by atoms with van der Waals surface area (Å²) >= 11 is 0. The van der Waals surface area contributed by atoms with Gasteiger partial charge < -0.3 is 0 Å². The van der Waals surface area contributed by atoms with Crippen molar-refractivity contribution >= 4 is 18.1 Å². The molecule has 0 aliphatic carbocycles. The summed E-state index contributed by atoms with van der Waals surface area (Å²) in [6.07, 6.45) is 9.11. The van der Waals surface area contributed by atoms with Gasteiger partial charge in [-0.15, -0.1) is 0 Å². The van der Waals surface area contributed by atoms with Gasteiger partial charge in [0, 0.05) is 43.6 Å². The molecule has 112 valence electrons. The molecule has 0 aromatic carbocycles. The monoisotopic (exact) mass is 276 g/mol. The van der Waals surface area contributed by atoms with Crippen molar-refractivity contribution in [3.05, 3.63) is 24.4 Å². The van der Waals surface area contributed by atoms with Crippen LogP contribution in [0.25, 0.3) is 0 Å². The summed E-state index contributed by atoms with van der Waals surface area (Å²) in [7, 11) is 1.84. The van der Waals surface area contributed by atoms with Gasteiger partial charge >= 0.3 is 0 Å². The minimum atomic E-state index is 0.294. The van der Waals surface area contributed by atoms with Gasteiger partial charge in [0.15, 0.2) is 0 Å². The molecule has 4 nitrogen and oxygen atoms in total. The Hall–Kier alpha value is -1.71. The molecule has 0 saturated heterocycles. The first kappa shape index (κ1) is 18.3. The normalized spacial score (nSPS) is 13.8. The van der Waals surface area contributed by atoms with E-state index in [1.54, 1.807) is 0 Å². The molecule has 4 heteroatoms. The van der Waals surface area contributed by atoms with Gasteiger partial charge in [-0.05, 0) is 27.5 Å². The Morgan fingerprint density at radius 3 is 2.50 bits per heavy atom. The minimum Gasteiger partial charge on any atom is -0.297 e. The molecule has 1 atom stereocenters. The fourth-order valence-corrected chi connectivity index (χ4v) is 1.64. The van der Waals surface area contributed by atoms with E-state index in [4.69, 9.17) is 0 Å². The molecule has 20 heavy (non-hydrogen) atoms. The zero-order valence-electron chi connectivity index (χ0n) is 13.5. The lowest BCUT2D eigenvalue weighted by Crippen LogP contribution is -2.13. The Morgan fingerprint density at radius 2 is 2.00 bits per heavy atom. The number of rotatable bonds is 9.